The molecule has 0 aromatic heterocycles. The zero-order valence-electron chi connectivity index (χ0n) is 14.6. The number of carbonyl (C=O) groups excluding carboxylic acids is 3. The van der Waals surface area contributed by atoms with Gasteiger partial charge in [0.25, 0.3) is 0 Å². The standard InChI is InChI=1S/C17H24F3N3O3/c18-17(19,20)10-21-15(25)13-6-3-7-22(13)16(26)11-8-14(24)23(9-11)12-4-1-2-5-12/h11-13H,1-10H2,(H,21,25). The predicted octanol–water partition coefficient (Wildman–Crippen LogP) is 1.45. The Kier molecular flexibility index (Phi) is 5.43. The van der Waals surface area contributed by atoms with Crippen molar-refractivity contribution in [3.63, 3.8) is 0 Å². The third kappa shape index (κ3) is 4.12. The first kappa shape index (κ1) is 19.0. The first-order valence-electron chi connectivity index (χ1n) is 9.20. The van der Waals surface area contributed by atoms with Crippen LogP contribution in [-0.2, 0) is 14.4 Å². The Morgan fingerprint density at radius 1 is 1.12 bits per heavy atom. The van der Waals surface area contributed by atoms with Crippen LogP contribution in [0.25, 0.3) is 0 Å². The van der Waals surface area contributed by atoms with Gasteiger partial charge in [0.15, 0.2) is 0 Å². The van der Waals surface area contributed by atoms with Gasteiger partial charge in [-0.15, -0.1) is 0 Å². The van der Waals surface area contributed by atoms with E-state index in [4.69, 9.17) is 0 Å². The summed E-state index contributed by atoms with van der Waals surface area (Å²) in [4.78, 5) is 40.3. The Labute approximate surface area is 150 Å². The Bertz CT molecular complexity index is 575. The minimum Gasteiger partial charge on any atom is -0.345 e. The lowest BCUT2D eigenvalue weighted by Gasteiger charge is -2.28. The number of alkyl halides is 3. The van der Waals surface area contributed by atoms with Gasteiger partial charge in [-0.1, -0.05) is 12.8 Å². The van der Waals surface area contributed by atoms with E-state index in [-0.39, 0.29) is 24.3 Å². The van der Waals surface area contributed by atoms with E-state index in [9.17, 15) is 27.6 Å². The molecule has 1 aliphatic carbocycles. The average Bonchev–Trinajstić information content (AvgIpc) is 3.30. The second-order valence-corrected chi connectivity index (χ2v) is 7.41. The first-order valence-corrected chi connectivity index (χ1v) is 9.20. The summed E-state index contributed by atoms with van der Waals surface area (Å²) in [5.74, 6) is -1.60. The molecule has 0 spiro atoms. The smallest absolute Gasteiger partial charge is 0.345 e. The fourth-order valence-electron chi connectivity index (χ4n) is 4.31. The summed E-state index contributed by atoms with van der Waals surface area (Å²) < 4.78 is 36.9. The van der Waals surface area contributed by atoms with Gasteiger partial charge in [0, 0.05) is 25.6 Å². The molecule has 2 aliphatic heterocycles. The van der Waals surface area contributed by atoms with Gasteiger partial charge < -0.3 is 15.1 Å². The summed E-state index contributed by atoms with van der Waals surface area (Å²) >= 11 is 0. The first-order chi connectivity index (χ1) is 12.3. The quantitative estimate of drug-likeness (QED) is 0.809. The summed E-state index contributed by atoms with van der Waals surface area (Å²) in [6, 6.07) is -0.676. The number of rotatable bonds is 4. The van der Waals surface area contributed by atoms with Gasteiger partial charge in [-0.3, -0.25) is 14.4 Å². The molecule has 3 rings (SSSR count). The maximum absolute atomic E-state index is 12.8. The zero-order chi connectivity index (χ0) is 18.9. The lowest BCUT2D eigenvalue weighted by Crippen LogP contribution is -2.49. The van der Waals surface area contributed by atoms with Crippen LogP contribution in [0, 0.1) is 5.92 Å². The predicted molar refractivity (Wildman–Crippen MR) is 85.9 cm³/mol. The Balaban J connectivity index is 1.59. The molecule has 2 unspecified atom stereocenters. The molecule has 9 heteroatoms. The maximum atomic E-state index is 12.8. The van der Waals surface area contributed by atoms with Crippen LogP contribution in [0.5, 0.6) is 0 Å². The molecule has 1 saturated carbocycles. The highest BCUT2D eigenvalue weighted by Crippen LogP contribution is 2.31. The lowest BCUT2D eigenvalue weighted by molar-refractivity contribution is -0.146. The second-order valence-electron chi connectivity index (χ2n) is 7.41. The molecule has 3 amide bonds. The van der Waals surface area contributed by atoms with Gasteiger partial charge >= 0.3 is 6.18 Å². The van der Waals surface area contributed by atoms with E-state index in [0.717, 1.165) is 25.7 Å². The summed E-state index contributed by atoms with van der Waals surface area (Å²) in [6.07, 6.45) is 0.649. The summed E-state index contributed by atoms with van der Waals surface area (Å²) in [7, 11) is 0. The highest BCUT2D eigenvalue weighted by Gasteiger charge is 2.44. The molecule has 1 N–H and O–H groups in total. The van der Waals surface area contributed by atoms with Crippen LogP contribution >= 0.6 is 0 Å². The number of likely N-dealkylation sites (tertiary alicyclic amines) is 2. The minimum absolute atomic E-state index is 0.0347. The van der Waals surface area contributed by atoms with E-state index in [2.05, 4.69) is 0 Å². The van der Waals surface area contributed by atoms with Gasteiger partial charge in [0.05, 0.1) is 5.92 Å². The third-order valence-corrected chi connectivity index (χ3v) is 5.57. The highest BCUT2D eigenvalue weighted by atomic mass is 19.4. The fraction of sp³-hybridized carbons (Fsp3) is 0.824. The lowest BCUT2D eigenvalue weighted by atomic mass is 10.1. The number of halogens is 3. The van der Waals surface area contributed by atoms with Crippen LogP contribution in [0.1, 0.15) is 44.9 Å². The molecular formula is C17H24F3N3O3. The molecular weight excluding hydrogens is 351 g/mol. The summed E-state index contributed by atoms with van der Waals surface area (Å²) in [5, 5.41) is 1.87. The average molecular weight is 375 g/mol. The van der Waals surface area contributed by atoms with Crippen molar-refractivity contribution in [1.82, 2.24) is 15.1 Å². The Morgan fingerprint density at radius 3 is 2.46 bits per heavy atom. The number of nitrogens with one attached hydrogen (secondary N) is 1. The molecule has 0 aromatic rings. The van der Waals surface area contributed by atoms with E-state index in [1.54, 1.807) is 4.90 Å². The van der Waals surface area contributed by atoms with Crippen LogP contribution < -0.4 is 5.32 Å². The van der Waals surface area contributed by atoms with E-state index in [0.29, 0.717) is 25.9 Å². The number of hydrogen-bond donors (Lipinski definition) is 1. The molecule has 26 heavy (non-hydrogen) atoms. The SMILES string of the molecule is O=C(NCC(F)(F)F)C1CCCN1C(=O)C1CC(=O)N(C2CCCC2)C1. The summed E-state index contributed by atoms with van der Waals surface area (Å²) in [5.41, 5.74) is 0. The third-order valence-electron chi connectivity index (χ3n) is 5.57. The fourth-order valence-corrected chi connectivity index (χ4v) is 4.31. The maximum Gasteiger partial charge on any atom is 0.405 e. The van der Waals surface area contributed by atoms with Gasteiger partial charge in [0.1, 0.15) is 12.6 Å². The normalized spacial score (nSPS) is 27.4. The van der Waals surface area contributed by atoms with E-state index < -0.39 is 30.6 Å². The summed E-state index contributed by atoms with van der Waals surface area (Å²) in [6.45, 7) is -0.700. The molecule has 3 aliphatic rings. The molecule has 3 fully saturated rings. The van der Waals surface area contributed by atoms with Crippen molar-refractivity contribution in [3.8, 4) is 0 Å². The van der Waals surface area contributed by atoms with Crippen LogP contribution in [0.2, 0.25) is 0 Å². The number of hydrogen-bond acceptors (Lipinski definition) is 3. The van der Waals surface area contributed by atoms with Crippen molar-refractivity contribution in [1.29, 1.82) is 0 Å². The molecule has 146 valence electrons. The second kappa shape index (κ2) is 7.44. The van der Waals surface area contributed by atoms with Gasteiger partial charge in [-0.2, -0.15) is 13.2 Å². The monoisotopic (exact) mass is 375 g/mol. The molecule has 6 nitrogen and oxygen atoms in total. The van der Waals surface area contributed by atoms with E-state index in [1.807, 2.05) is 5.32 Å². The molecule has 0 bridgehead atoms. The Morgan fingerprint density at radius 2 is 1.81 bits per heavy atom. The minimum atomic E-state index is -4.48. The van der Waals surface area contributed by atoms with Crippen LogP contribution in [0.3, 0.4) is 0 Å². The van der Waals surface area contributed by atoms with Crippen LogP contribution in [0.4, 0.5) is 13.2 Å². The van der Waals surface area contributed by atoms with E-state index >= 15 is 0 Å². The molecule has 2 atom stereocenters. The van der Waals surface area contributed by atoms with E-state index in [1.165, 1.54) is 4.90 Å². The van der Waals surface area contributed by atoms with Crippen molar-refractivity contribution in [2.24, 2.45) is 5.92 Å². The van der Waals surface area contributed by atoms with Crippen molar-refractivity contribution in [2.45, 2.75) is 63.2 Å². The van der Waals surface area contributed by atoms with Crippen LogP contribution in [0.15, 0.2) is 0 Å². The van der Waals surface area contributed by atoms with Gasteiger partial charge in [-0.05, 0) is 25.7 Å². The van der Waals surface area contributed by atoms with Crippen molar-refractivity contribution in [2.75, 3.05) is 19.6 Å². The molecule has 0 radical (unpaired) electrons. The van der Waals surface area contributed by atoms with Gasteiger partial charge in [-0.25, -0.2) is 0 Å². The zero-order valence-corrected chi connectivity index (χ0v) is 14.6. The molecule has 2 saturated heterocycles. The molecule has 0 aromatic carbocycles. The van der Waals surface area contributed by atoms with Crippen molar-refractivity contribution >= 4 is 17.7 Å². The van der Waals surface area contributed by atoms with Crippen LogP contribution in [-0.4, -0.2) is 65.4 Å². The Hall–Kier alpha value is -1.80. The highest BCUT2D eigenvalue weighted by molar-refractivity contribution is 5.93. The molecule has 2 heterocycles. The number of amides is 3. The van der Waals surface area contributed by atoms with Crippen molar-refractivity contribution < 1.29 is 27.6 Å². The largest absolute Gasteiger partial charge is 0.405 e. The number of nitrogens with zero attached hydrogens (tertiary/aromatic N) is 2. The van der Waals surface area contributed by atoms with Crippen molar-refractivity contribution in [3.05, 3.63) is 0 Å². The number of carbonyl (C=O) groups is 3. The topological polar surface area (TPSA) is 69.7 Å². The van der Waals surface area contributed by atoms with Gasteiger partial charge in [0.2, 0.25) is 17.7 Å².